The molecule has 1 N–H and O–H groups in total. The summed E-state index contributed by atoms with van der Waals surface area (Å²) in [4.78, 5) is 19.6. The van der Waals surface area contributed by atoms with Gasteiger partial charge in [-0.15, -0.1) is 34.0 Å². The summed E-state index contributed by atoms with van der Waals surface area (Å²) >= 11 is 10.5. The standard InChI is InChI=1S/C25H17ClN2O3S3/c1-13-20(11-14-6-7-16-17(10-14)31-12-30-16)34-25(28-23(29)19-8-9-21(26)32-19)22(13)24-27-15-4-2-3-5-18(15)33-24/h2-10H,11-12H2,1H3,(H,28,29). The van der Waals surface area contributed by atoms with Crippen LogP contribution in [0.3, 0.4) is 0 Å². The van der Waals surface area contributed by atoms with Crippen molar-refractivity contribution in [2.45, 2.75) is 13.3 Å². The Bertz CT molecular complexity index is 1520. The van der Waals surface area contributed by atoms with Crippen LogP contribution in [0.4, 0.5) is 5.00 Å². The van der Waals surface area contributed by atoms with Crippen LogP contribution in [0.2, 0.25) is 4.34 Å². The van der Waals surface area contributed by atoms with E-state index < -0.39 is 0 Å². The van der Waals surface area contributed by atoms with Gasteiger partial charge in [-0.25, -0.2) is 4.98 Å². The summed E-state index contributed by atoms with van der Waals surface area (Å²) in [5.74, 6) is 1.36. The molecule has 2 aromatic carbocycles. The highest BCUT2D eigenvalue weighted by atomic mass is 35.5. The van der Waals surface area contributed by atoms with Gasteiger partial charge in [0.2, 0.25) is 6.79 Å². The van der Waals surface area contributed by atoms with Crippen molar-refractivity contribution in [2.24, 2.45) is 0 Å². The average Bonchev–Trinajstić information content (AvgIpc) is 3.60. The van der Waals surface area contributed by atoms with E-state index in [1.54, 1.807) is 34.8 Å². The van der Waals surface area contributed by atoms with Crippen molar-refractivity contribution in [2.75, 3.05) is 12.1 Å². The fraction of sp³-hybridized carbons (Fsp3) is 0.120. The lowest BCUT2D eigenvalue weighted by Crippen LogP contribution is -2.09. The number of hydrogen-bond donors (Lipinski definition) is 1. The summed E-state index contributed by atoms with van der Waals surface area (Å²) in [6.07, 6.45) is 0.714. The lowest BCUT2D eigenvalue weighted by Gasteiger charge is -2.04. The molecule has 0 radical (unpaired) electrons. The van der Waals surface area contributed by atoms with E-state index in [1.807, 2.05) is 30.3 Å². The van der Waals surface area contributed by atoms with Crippen LogP contribution in [0.25, 0.3) is 20.8 Å². The third kappa shape index (κ3) is 3.96. The first kappa shape index (κ1) is 21.6. The zero-order valence-electron chi connectivity index (χ0n) is 17.9. The molecule has 34 heavy (non-hydrogen) atoms. The third-order valence-electron chi connectivity index (χ3n) is 5.58. The second-order valence-electron chi connectivity index (χ2n) is 7.76. The van der Waals surface area contributed by atoms with Gasteiger partial charge in [0.15, 0.2) is 11.5 Å². The normalized spacial score (nSPS) is 12.4. The highest BCUT2D eigenvalue weighted by molar-refractivity contribution is 7.23. The number of benzene rings is 2. The van der Waals surface area contributed by atoms with Crippen molar-refractivity contribution in [3.63, 3.8) is 0 Å². The smallest absolute Gasteiger partial charge is 0.266 e. The maximum Gasteiger partial charge on any atom is 0.266 e. The molecule has 0 atom stereocenters. The predicted molar refractivity (Wildman–Crippen MR) is 140 cm³/mol. The number of carbonyl (C=O) groups excluding carboxylic acids is 1. The van der Waals surface area contributed by atoms with E-state index in [0.717, 1.165) is 53.3 Å². The topological polar surface area (TPSA) is 60.5 Å². The van der Waals surface area contributed by atoms with Gasteiger partial charge in [-0.05, 0) is 54.4 Å². The van der Waals surface area contributed by atoms with E-state index in [0.29, 0.717) is 15.6 Å². The van der Waals surface area contributed by atoms with Crippen LogP contribution in [0.1, 0.15) is 25.7 Å². The van der Waals surface area contributed by atoms with E-state index in [4.69, 9.17) is 26.1 Å². The molecule has 6 rings (SSSR count). The second-order valence-corrected chi connectivity index (χ2v) is 11.6. The Morgan fingerprint density at radius 2 is 1.91 bits per heavy atom. The molecular formula is C25H17ClN2O3S3. The molecule has 0 saturated heterocycles. The number of para-hydroxylation sites is 1. The van der Waals surface area contributed by atoms with Crippen LogP contribution < -0.4 is 14.8 Å². The Kier molecular flexibility index (Phi) is 5.53. The van der Waals surface area contributed by atoms with Crippen LogP contribution in [-0.2, 0) is 6.42 Å². The molecule has 3 aromatic heterocycles. The molecule has 9 heteroatoms. The molecule has 5 nitrogen and oxygen atoms in total. The van der Waals surface area contributed by atoms with Gasteiger partial charge in [0.25, 0.3) is 5.91 Å². The molecule has 0 unspecified atom stereocenters. The van der Waals surface area contributed by atoms with Gasteiger partial charge in [-0.2, -0.15) is 0 Å². The van der Waals surface area contributed by atoms with Gasteiger partial charge in [0, 0.05) is 16.9 Å². The number of fused-ring (bicyclic) bond motifs is 2. The molecule has 1 aliphatic heterocycles. The summed E-state index contributed by atoms with van der Waals surface area (Å²) in [6.45, 7) is 2.35. The maximum atomic E-state index is 13.0. The molecule has 0 fully saturated rings. The van der Waals surface area contributed by atoms with E-state index >= 15 is 0 Å². The number of rotatable bonds is 5. The van der Waals surface area contributed by atoms with Gasteiger partial charge < -0.3 is 14.8 Å². The fourth-order valence-electron chi connectivity index (χ4n) is 3.89. The number of anilines is 1. The number of hydrogen-bond acceptors (Lipinski definition) is 7. The van der Waals surface area contributed by atoms with Crippen LogP contribution >= 0.6 is 45.6 Å². The molecule has 4 heterocycles. The number of nitrogens with zero attached hydrogens (tertiary/aromatic N) is 1. The Hall–Kier alpha value is -2.91. The minimum atomic E-state index is -0.171. The number of thiazole rings is 1. The molecule has 5 aromatic rings. The zero-order chi connectivity index (χ0) is 23.2. The van der Waals surface area contributed by atoms with Gasteiger partial charge in [-0.1, -0.05) is 29.8 Å². The second kappa shape index (κ2) is 8.70. The molecule has 170 valence electrons. The Balaban J connectivity index is 1.41. The molecule has 0 saturated carbocycles. The number of aromatic nitrogens is 1. The van der Waals surface area contributed by atoms with Crippen molar-refractivity contribution in [3.8, 4) is 22.1 Å². The zero-order valence-corrected chi connectivity index (χ0v) is 21.1. The van der Waals surface area contributed by atoms with Crippen molar-refractivity contribution >= 4 is 66.7 Å². The van der Waals surface area contributed by atoms with Gasteiger partial charge in [-0.3, -0.25) is 4.79 Å². The summed E-state index contributed by atoms with van der Waals surface area (Å²) in [7, 11) is 0. The van der Waals surface area contributed by atoms with E-state index in [-0.39, 0.29) is 12.7 Å². The number of halogens is 1. The highest BCUT2D eigenvalue weighted by Crippen LogP contribution is 2.45. The lowest BCUT2D eigenvalue weighted by molar-refractivity contribution is 0.103. The minimum absolute atomic E-state index is 0.171. The van der Waals surface area contributed by atoms with E-state index in [1.165, 1.54) is 11.3 Å². The third-order valence-corrected chi connectivity index (χ3v) is 9.07. The van der Waals surface area contributed by atoms with Crippen molar-refractivity contribution in [3.05, 3.63) is 79.8 Å². The Morgan fingerprint density at radius 1 is 1.06 bits per heavy atom. The molecule has 0 aliphatic carbocycles. The number of ether oxygens (including phenoxy) is 2. The minimum Gasteiger partial charge on any atom is -0.454 e. The number of carbonyl (C=O) groups is 1. The first-order chi connectivity index (χ1) is 16.5. The first-order valence-corrected chi connectivity index (χ1v) is 13.3. The average molecular weight is 525 g/mol. The summed E-state index contributed by atoms with van der Waals surface area (Å²) < 4.78 is 12.7. The Morgan fingerprint density at radius 3 is 2.74 bits per heavy atom. The van der Waals surface area contributed by atoms with Crippen LogP contribution in [0, 0.1) is 6.92 Å². The van der Waals surface area contributed by atoms with Gasteiger partial charge in [0.1, 0.15) is 10.0 Å². The van der Waals surface area contributed by atoms with Gasteiger partial charge in [0.05, 0.1) is 19.4 Å². The monoisotopic (exact) mass is 524 g/mol. The fourth-order valence-corrected chi connectivity index (χ4v) is 7.20. The largest absolute Gasteiger partial charge is 0.454 e. The molecule has 0 bridgehead atoms. The SMILES string of the molecule is Cc1c(Cc2ccc3c(c2)OCO3)sc(NC(=O)c2ccc(Cl)s2)c1-c1nc2ccccc2s1. The molecule has 0 spiro atoms. The summed E-state index contributed by atoms with van der Waals surface area (Å²) in [5.41, 5.74) is 4.15. The van der Waals surface area contributed by atoms with E-state index in [2.05, 4.69) is 24.4 Å². The molecular weight excluding hydrogens is 508 g/mol. The van der Waals surface area contributed by atoms with E-state index in [9.17, 15) is 4.79 Å². The van der Waals surface area contributed by atoms with Crippen molar-refractivity contribution < 1.29 is 14.3 Å². The van der Waals surface area contributed by atoms with Crippen LogP contribution in [0.15, 0.2) is 54.6 Å². The van der Waals surface area contributed by atoms with Gasteiger partial charge >= 0.3 is 0 Å². The number of nitrogens with one attached hydrogen (secondary N) is 1. The first-order valence-electron chi connectivity index (χ1n) is 10.5. The van der Waals surface area contributed by atoms with Crippen LogP contribution in [0.5, 0.6) is 11.5 Å². The highest BCUT2D eigenvalue weighted by Gasteiger charge is 2.23. The van der Waals surface area contributed by atoms with Crippen molar-refractivity contribution in [1.82, 2.24) is 4.98 Å². The number of amides is 1. The summed E-state index contributed by atoms with van der Waals surface area (Å²) in [6, 6.07) is 17.6. The van der Waals surface area contributed by atoms with Crippen LogP contribution in [-0.4, -0.2) is 17.7 Å². The predicted octanol–water partition coefficient (Wildman–Crippen LogP) is 7.62. The number of thiophene rings is 2. The molecule has 1 amide bonds. The molecule has 1 aliphatic rings. The Labute approximate surface area is 212 Å². The summed E-state index contributed by atoms with van der Waals surface area (Å²) in [5, 5.41) is 4.81. The van der Waals surface area contributed by atoms with Crippen molar-refractivity contribution in [1.29, 1.82) is 0 Å². The quantitative estimate of drug-likeness (QED) is 0.257. The maximum absolute atomic E-state index is 13.0. The lowest BCUT2D eigenvalue weighted by atomic mass is 10.1.